The lowest BCUT2D eigenvalue weighted by atomic mass is 10.0. The summed E-state index contributed by atoms with van der Waals surface area (Å²) in [5, 5.41) is 3.40. The molecule has 0 aliphatic heterocycles. The van der Waals surface area contributed by atoms with Crippen LogP contribution < -0.4 is 5.32 Å². The molecule has 2 nitrogen and oxygen atoms in total. The molecule has 0 saturated carbocycles. The molecule has 2 rings (SSSR count). The molecular weight excluding hydrogens is 319 g/mol. The number of nitrogens with one attached hydrogen (secondary N) is 1. The lowest BCUT2D eigenvalue weighted by Crippen LogP contribution is -2.33. The maximum absolute atomic E-state index is 13.9. The molecule has 4 heteroatoms. The number of hydrogen-bond donors (Lipinski definition) is 1. The first-order chi connectivity index (χ1) is 9.69. The van der Waals surface area contributed by atoms with E-state index in [4.69, 9.17) is 0 Å². The lowest BCUT2D eigenvalue weighted by Gasteiger charge is -2.18. The molecule has 0 aliphatic rings. The minimum absolute atomic E-state index is 0.164. The van der Waals surface area contributed by atoms with Crippen LogP contribution in [0.3, 0.4) is 0 Å². The largest absolute Gasteiger partial charge is 0.314 e. The molecule has 0 spiro atoms. The van der Waals surface area contributed by atoms with Gasteiger partial charge in [-0.15, -0.1) is 0 Å². The first-order valence-corrected chi connectivity index (χ1v) is 7.55. The number of benzene rings is 1. The van der Waals surface area contributed by atoms with Crippen molar-refractivity contribution in [2.75, 3.05) is 6.54 Å². The third-order valence-corrected chi connectivity index (χ3v) is 3.65. The number of halogens is 2. The molecule has 2 aromatic rings. The van der Waals surface area contributed by atoms with Crippen LogP contribution in [0, 0.1) is 5.82 Å². The second-order valence-electron chi connectivity index (χ2n) is 4.72. The van der Waals surface area contributed by atoms with Crippen molar-refractivity contribution in [3.63, 3.8) is 0 Å². The first kappa shape index (κ1) is 15.1. The zero-order chi connectivity index (χ0) is 14.4. The van der Waals surface area contributed by atoms with Gasteiger partial charge in [-0.2, -0.15) is 0 Å². The van der Waals surface area contributed by atoms with Gasteiger partial charge >= 0.3 is 0 Å². The normalized spacial score (nSPS) is 12.3. The van der Waals surface area contributed by atoms with E-state index in [1.165, 1.54) is 6.07 Å². The van der Waals surface area contributed by atoms with Crippen molar-refractivity contribution in [2.45, 2.75) is 25.8 Å². The Kier molecular flexibility index (Phi) is 5.68. The molecule has 1 N–H and O–H groups in total. The first-order valence-electron chi connectivity index (χ1n) is 6.76. The standard InChI is InChI=1S/C16H18BrFN2/c1-2-19-15(11-14-5-3-4-8-20-14)9-12-6-7-13(17)10-16(12)18/h3-8,10,15,19H,2,9,11H2,1H3. The fourth-order valence-corrected chi connectivity index (χ4v) is 2.56. The minimum atomic E-state index is -0.164. The van der Waals surface area contributed by atoms with Crippen LogP contribution >= 0.6 is 15.9 Å². The Balaban J connectivity index is 2.09. The van der Waals surface area contributed by atoms with Crippen LogP contribution in [0.4, 0.5) is 4.39 Å². The number of pyridine rings is 1. The average Bonchev–Trinajstić information content (AvgIpc) is 2.43. The Bertz CT molecular complexity index is 545. The molecular formula is C16H18BrFN2. The Hall–Kier alpha value is -1.26. The highest BCUT2D eigenvalue weighted by molar-refractivity contribution is 9.10. The molecule has 1 heterocycles. The average molecular weight is 337 g/mol. The van der Waals surface area contributed by atoms with Gasteiger partial charge in [-0.05, 0) is 42.8 Å². The summed E-state index contributed by atoms with van der Waals surface area (Å²) in [6, 6.07) is 11.3. The van der Waals surface area contributed by atoms with Gasteiger partial charge in [-0.1, -0.05) is 35.0 Å². The predicted octanol–water partition coefficient (Wildman–Crippen LogP) is 3.75. The zero-order valence-electron chi connectivity index (χ0n) is 11.4. The van der Waals surface area contributed by atoms with Gasteiger partial charge in [0.15, 0.2) is 0 Å². The molecule has 0 aliphatic carbocycles. The summed E-state index contributed by atoms with van der Waals surface area (Å²) >= 11 is 3.28. The maximum Gasteiger partial charge on any atom is 0.127 e. The van der Waals surface area contributed by atoms with Gasteiger partial charge in [0.05, 0.1) is 0 Å². The van der Waals surface area contributed by atoms with Crippen molar-refractivity contribution in [3.05, 3.63) is 64.1 Å². The second kappa shape index (κ2) is 7.50. The maximum atomic E-state index is 13.9. The smallest absolute Gasteiger partial charge is 0.127 e. The number of hydrogen-bond acceptors (Lipinski definition) is 2. The molecule has 1 unspecified atom stereocenters. The van der Waals surface area contributed by atoms with E-state index in [0.717, 1.165) is 28.7 Å². The fourth-order valence-electron chi connectivity index (χ4n) is 2.23. The Morgan fingerprint density at radius 2 is 2.10 bits per heavy atom. The predicted molar refractivity (Wildman–Crippen MR) is 83.2 cm³/mol. The lowest BCUT2D eigenvalue weighted by molar-refractivity contribution is 0.501. The summed E-state index contributed by atoms with van der Waals surface area (Å²) in [7, 11) is 0. The molecule has 1 atom stereocenters. The van der Waals surface area contributed by atoms with E-state index in [2.05, 4.69) is 33.2 Å². The van der Waals surface area contributed by atoms with E-state index in [-0.39, 0.29) is 11.9 Å². The molecule has 1 aromatic carbocycles. The van der Waals surface area contributed by atoms with Crippen LogP contribution in [0.15, 0.2) is 47.1 Å². The van der Waals surface area contributed by atoms with Crippen molar-refractivity contribution in [3.8, 4) is 0 Å². The highest BCUT2D eigenvalue weighted by Gasteiger charge is 2.13. The third-order valence-electron chi connectivity index (χ3n) is 3.16. The molecule has 0 amide bonds. The van der Waals surface area contributed by atoms with Crippen LogP contribution in [0.25, 0.3) is 0 Å². The van der Waals surface area contributed by atoms with Crippen LogP contribution in [-0.4, -0.2) is 17.6 Å². The van der Waals surface area contributed by atoms with Crippen molar-refractivity contribution in [2.24, 2.45) is 0 Å². The van der Waals surface area contributed by atoms with Crippen molar-refractivity contribution >= 4 is 15.9 Å². The van der Waals surface area contributed by atoms with Crippen molar-refractivity contribution in [1.29, 1.82) is 0 Å². The monoisotopic (exact) mass is 336 g/mol. The summed E-state index contributed by atoms with van der Waals surface area (Å²) in [5.74, 6) is -0.164. The highest BCUT2D eigenvalue weighted by Crippen LogP contribution is 2.17. The van der Waals surface area contributed by atoms with Crippen LogP contribution in [0.1, 0.15) is 18.2 Å². The second-order valence-corrected chi connectivity index (χ2v) is 5.64. The Labute approximate surface area is 127 Å². The summed E-state index contributed by atoms with van der Waals surface area (Å²) < 4.78 is 14.7. The van der Waals surface area contributed by atoms with Gasteiger partial charge in [0.25, 0.3) is 0 Å². The SMILES string of the molecule is CCNC(Cc1ccccn1)Cc1ccc(Br)cc1F. The molecule has 0 bridgehead atoms. The number of nitrogens with zero attached hydrogens (tertiary/aromatic N) is 1. The Morgan fingerprint density at radius 3 is 2.75 bits per heavy atom. The topological polar surface area (TPSA) is 24.9 Å². The van der Waals surface area contributed by atoms with Gasteiger partial charge in [-0.25, -0.2) is 4.39 Å². The number of rotatable bonds is 6. The molecule has 0 saturated heterocycles. The number of likely N-dealkylation sites (N-methyl/N-ethyl adjacent to an activating group) is 1. The summed E-state index contributed by atoms with van der Waals surface area (Å²) in [6.07, 6.45) is 3.24. The molecule has 1 aromatic heterocycles. The highest BCUT2D eigenvalue weighted by atomic mass is 79.9. The van der Waals surface area contributed by atoms with Crippen LogP contribution in [-0.2, 0) is 12.8 Å². The minimum Gasteiger partial charge on any atom is -0.314 e. The fraction of sp³-hybridized carbons (Fsp3) is 0.312. The summed E-state index contributed by atoms with van der Waals surface area (Å²) in [4.78, 5) is 4.34. The zero-order valence-corrected chi connectivity index (χ0v) is 13.0. The van der Waals surface area contributed by atoms with E-state index in [9.17, 15) is 4.39 Å². The van der Waals surface area contributed by atoms with Gasteiger partial charge in [0.2, 0.25) is 0 Å². The summed E-state index contributed by atoms with van der Waals surface area (Å²) in [6.45, 7) is 2.92. The molecule has 20 heavy (non-hydrogen) atoms. The van der Waals surface area contributed by atoms with Crippen molar-refractivity contribution < 1.29 is 4.39 Å². The van der Waals surface area contributed by atoms with E-state index in [0.29, 0.717) is 6.42 Å². The van der Waals surface area contributed by atoms with Gasteiger partial charge in [0, 0.05) is 28.8 Å². The third kappa shape index (κ3) is 4.39. The van der Waals surface area contributed by atoms with E-state index < -0.39 is 0 Å². The van der Waals surface area contributed by atoms with Crippen molar-refractivity contribution in [1.82, 2.24) is 10.3 Å². The van der Waals surface area contributed by atoms with E-state index in [1.807, 2.05) is 30.3 Å². The Morgan fingerprint density at radius 1 is 1.25 bits per heavy atom. The van der Waals surface area contributed by atoms with Crippen LogP contribution in [0.2, 0.25) is 0 Å². The van der Waals surface area contributed by atoms with Gasteiger partial charge in [0.1, 0.15) is 5.82 Å². The van der Waals surface area contributed by atoms with Gasteiger partial charge in [-0.3, -0.25) is 4.98 Å². The molecule has 0 radical (unpaired) electrons. The van der Waals surface area contributed by atoms with E-state index >= 15 is 0 Å². The van der Waals surface area contributed by atoms with Crippen LogP contribution in [0.5, 0.6) is 0 Å². The molecule has 0 fully saturated rings. The molecule has 106 valence electrons. The van der Waals surface area contributed by atoms with E-state index in [1.54, 1.807) is 6.20 Å². The number of aromatic nitrogens is 1. The summed E-state index contributed by atoms with van der Waals surface area (Å²) in [5.41, 5.74) is 1.76. The quantitative estimate of drug-likeness (QED) is 0.868. The van der Waals surface area contributed by atoms with Gasteiger partial charge < -0.3 is 5.32 Å².